The van der Waals surface area contributed by atoms with Crippen molar-refractivity contribution < 1.29 is 39.4 Å². The zero-order valence-electron chi connectivity index (χ0n) is 37.6. The van der Waals surface area contributed by atoms with Gasteiger partial charge < -0.3 is 14.2 Å². The lowest BCUT2D eigenvalue weighted by atomic mass is 9.95. The van der Waals surface area contributed by atoms with Crippen molar-refractivity contribution in [1.29, 1.82) is 0 Å². The molecule has 0 bridgehead atoms. The van der Waals surface area contributed by atoms with Crippen molar-refractivity contribution in [3.05, 3.63) is 201 Å². The predicted molar refractivity (Wildman–Crippen MR) is 257 cm³/mol. The summed E-state index contributed by atoms with van der Waals surface area (Å²) in [7, 11) is -12.3. The summed E-state index contributed by atoms with van der Waals surface area (Å²) in [5, 5.41) is 0.736. The first kappa shape index (κ1) is 47.7. The molecule has 0 saturated carbocycles. The maximum atomic E-state index is 15.2. The largest absolute Gasteiger partial charge is 0.373 e. The Morgan fingerprint density at radius 1 is 0.657 bits per heavy atom. The highest BCUT2D eigenvalue weighted by atomic mass is 32.2. The van der Waals surface area contributed by atoms with Crippen LogP contribution in [0.4, 0.5) is 0 Å². The van der Waals surface area contributed by atoms with Crippen LogP contribution in [0.5, 0.6) is 0 Å². The molecule has 0 amide bonds. The van der Waals surface area contributed by atoms with E-state index < -0.39 is 82.3 Å². The molecule has 2 heterocycles. The molecule has 67 heavy (non-hydrogen) atoms. The van der Waals surface area contributed by atoms with Crippen LogP contribution in [0.25, 0.3) is 10.8 Å². The highest BCUT2D eigenvalue weighted by Crippen LogP contribution is 2.49. The van der Waals surface area contributed by atoms with Crippen molar-refractivity contribution in [2.75, 3.05) is 13.2 Å². The number of aromatic amines is 1. The smallest absolute Gasteiger partial charge is 0.330 e. The van der Waals surface area contributed by atoms with Crippen molar-refractivity contribution >= 4 is 50.2 Å². The van der Waals surface area contributed by atoms with E-state index in [-0.39, 0.29) is 16.4 Å². The molecule has 0 unspecified atom stereocenters. The van der Waals surface area contributed by atoms with E-state index in [9.17, 15) is 18.0 Å². The molecule has 1 radical (unpaired) electrons. The number of hydrogen-bond acceptors (Lipinski definition) is 11. The number of hydrogen-bond donors (Lipinski definition) is 1. The number of aromatic nitrogens is 2. The molecule has 8 rings (SSSR count). The van der Waals surface area contributed by atoms with Crippen LogP contribution in [-0.4, -0.2) is 71.8 Å². The van der Waals surface area contributed by atoms with Crippen LogP contribution < -0.4 is 21.6 Å². The Kier molecular flexibility index (Phi) is 13.6. The molecular formula is C51H51N2O11S2Si. The molecular weight excluding hydrogens is 909 g/mol. The van der Waals surface area contributed by atoms with E-state index >= 15 is 8.42 Å². The first-order chi connectivity index (χ1) is 31.9. The number of H-pyrrole nitrogens is 1. The average Bonchev–Trinajstić information content (AvgIpc) is 3.55. The number of ether oxygens (including phenoxy) is 3. The van der Waals surface area contributed by atoms with Gasteiger partial charge in [0.25, 0.3) is 25.8 Å². The van der Waals surface area contributed by atoms with Gasteiger partial charge in [-0.05, 0) is 74.2 Å². The number of rotatable bonds is 16. The van der Waals surface area contributed by atoms with E-state index in [0.29, 0.717) is 27.1 Å². The van der Waals surface area contributed by atoms with Crippen molar-refractivity contribution in [1.82, 2.24) is 9.55 Å². The van der Waals surface area contributed by atoms with Crippen LogP contribution in [0.3, 0.4) is 0 Å². The van der Waals surface area contributed by atoms with Crippen LogP contribution in [-0.2, 0) is 54.8 Å². The van der Waals surface area contributed by atoms with E-state index in [1.54, 1.807) is 71.0 Å². The number of aryl methyl sites for hydroxylation is 2. The lowest BCUT2D eigenvalue weighted by Crippen LogP contribution is -2.69. The molecule has 16 heteroatoms. The van der Waals surface area contributed by atoms with Crippen molar-refractivity contribution in [3.8, 4) is 0 Å². The predicted octanol–water partition coefficient (Wildman–Crippen LogP) is 6.16. The van der Waals surface area contributed by atoms with Gasteiger partial charge in [-0.25, -0.2) is 4.79 Å². The normalized spacial score (nSPS) is 20.1. The van der Waals surface area contributed by atoms with Crippen molar-refractivity contribution in [3.63, 3.8) is 0 Å². The van der Waals surface area contributed by atoms with E-state index in [0.717, 1.165) is 21.4 Å². The fourth-order valence-corrected chi connectivity index (χ4v) is 14.6. The second-order valence-corrected chi connectivity index (χ2v) is 23.2. The van der Waals surface area contributed by atoms with E-state index in [1.807, 2.05) is 103 Å². The Morgan fingerprint density at radius 2 is 1.21 bits per heavy atom. The van der Waals surface area contributed by atoms with E-state index in [2.05, 4.69) is 4.98 Å². The second kappa shape index (κ2) is 19.0. The fraction of sp³-hybridized carbons (Fsp3) is 0.255. The maximum Gasteiger partial charge on any atom is 0.330 e. The van der Waals surface area contributed by atoms with Gasteiger partial charge in [0, 0.05) is 12.3 Å². The van der Waals surface area contributed by atoms with Crippen LogP contribution in [0.15, 0.2) is 183 Å². The van der Waals surface area contributed by atoms with Gasteiger partial charge in [-0.3, -0.25) is 22.7 Å². The highest BCUT2D eigenvalue weighted by Gasteiger charge is 2.71. The molecule has 1 fully saturated rings. The third-order valence-electron chi connectivity index (χ3n) is 11.7. The molecule has 0 aliphatic carbocycles. The summed E-state index contributed by atoms with van der Waals surface area (Å²) in [6, 6.07) is 45.4. The van der Waals surface area contributed by atoms with Gasteiger partial charge >= 0.3 is 5.69 Å². The van der Waals surface area contributed by atoms with Crippen molar-refractivity contribution in [2.24, 2.45) is 0 Å². The summed E-state index contributed by atoms with van der Waals surface area (Å²) in [5.74, 6) is 0. The van der Waals surface area contributed by atoms with Gasteiger partial charge in [-0.15, -0.1) is 0 Å². The number of nitrogens with one attached hydrogen (secondary N) is 1. The Bertz CT molecular complexity index is 3190. The average molecular weight is 960 g/mol. The fourth-order valence-electron chi connectivity index (χ4n) is 8.54. The third-order valence-corrected chi connectivity index (χ3v) is 17.7. The summed E-state index contributed by atoms with van der Waals surface area (Å²) >= 11 is 0. The highest BCUT2D eigenvalue weighted by molar-refractivity contribution is 7.87. The quantitative estimate of drug-likeness (QED) is 0.0871. The molecule has 7 aromatic rings. The topological polar surface area (TPSA) is 169 Å². The maximum absolute atomic E-state index is 15.2. The summed E-state index contributed by atoms with van der Waals surface area (Å²) < 4.78 is 94.6. The standard InChI is InChI=1S/C51H51N2O11S2Si/c1-36-19-12-16-29-43(36)65(56,57)62-35-50(34-61-49(3,4)5)46(60-33-39-23-18-22-38-21-14-15-28-42(38)39)47(63-66(58,59)44-30-17-13-20-37(44)2)51(64-50,53-32-31-45(54)52-48(53)55)67(40-24-8-6-9-25-40)41-26-10-7-11-27-41/h6-32,46-47H,33-35H2,1-5H3,(H,52,54,55)/t46-,47+,50-,51-/m0/s1. The minimum absolute atomic E-state index is 0.107. The zero-order valence-corrected chi connectivity index (χ0v) is 40.3. The molecule has 0 spiro atoms. The number of nitrogens with zero attached hydrogens (tertiary/aromatic N) is 1. The van der Waals surface area contributed by atoms with Crippen LogP contribution in [0, 0.1) is 13.8 Å². The Balaban J connectivity index is 1.48. The molecule has 1 saturated heterocycles. The zero-order chi connectivity index (χ0) is 47.6. The number of fused-ring (bicyclic) bond motifs is 1. The molecule has 1 aliphatic heterocycles. The van der Waals surface area contributed by atoms with Gasteiger partial charge in [0.15, 0.2) is 20.2 Å². The van der Waals surface area contributed by atoms with Crippen LogP contribution in [0.1, 0.15) is 37.5 Å². The van der Waals surface area contributed by atoms with Gasteiger partial charge in [-0.1, -0.05) is 150 Å². The minimum atomic E-state index is -4.84. The first-order valence-corrected chi connectivity index (χ1v) is 25.9. The monoisotopic (exact) mass is 959 g/mol. The van der Waals surface area contributed by atoms with Gasteiger partial charge in [0.05, 0.1) is 28.6 Å². The molecule has 1 N–H and O–H groups in total. The molecule has 13 nitrogen and oxygen atoms in total. The summed E-state index contributed by atoms with van der Waals surface area (Å²) in [6.07, 6.45) is -2.23. The molecule has 1 aliphatic rings. The van der Waals surface area contributed by atoms with Crippen molar-refractivity contribution in [2.45, 2.75) is 79.8 Å². The Labute approximate surface area is 391 Å². The molecule has 4 atom stereocenters. The van der Waals surface area contributed by atoms with E-state index in [1.165, 1.54) is 18.3 Å². The van der Waals surface area contributed by atoms with Crippen LogP contribution >= 0.6 is 0 Å². The minimum Gasteiger partial charge on any atom is -0.373 e. The lowest BCUT2D eigenvalue weighted by Gasteiger charge is -2.42. The molecule has 347 valence electrons. The number of benzene rings is 6. The van der Waals surface area contributed by atoms with Gasteiger partial charge in [-0.2, -0.15) is 16.8 Å². The van der Waals surface area contributed by atoms with Gasteiger partial charge in [0.2, 0.25) is 0 Å². The molecule has 6 aromatic carbocycles. The summed E-state index contributed by atoms with van der Waals surface area (Å²) in [5.41, 5.74) is -3.24. The van der Waals surface area contributed by atoms with E-state index in [4.69, 9.17) is 22.6 Å². The lowest BCUT2D eigenvalue weighted by molar-refractivity contribution is -0.197. The Morgan fingerprint density at radius 3 is 1.81 bits per heavy atom. The molecule has 1 aromatic heterocycles. The summed E-state index contributed by atoms with van der Waals surface area (Å²) in [6.45, 7) is 7.19. The first-order valence-electron chi connectivity index (χ1n) is 21.6. The van der Waals surface area contributed by atoms with Gasteiger partial charge in [0.1, 0.15) is 18.3 Å². The SMILES string of the molecule is Cc1ccccc1S(=O)(=O)OC[C@]1(COC(C)(C)C)O[C@](n2ccc(=O)[nH]c2=O)([Si](c2ccccc2)c2ccccc2)[C@H](OS(=O)(=O)c2ccccc2C)[C@@H]1OCc1cccc2ccccc12. The third kappa shape index (κ3) is 9.80. The Hall–Kier alpha value is -5.82. The summed E-state index contributed by atoms with van der Waals surface area (Å²) in [4.78, 5) is 29.9. The van der Waals surface area contributed by atoms with Crippen LogP contribution in [0.2, 0.25) is 0 Å². The second-order valence-electron chi connectivity index (χ2n) is 17.4.